The Morgan fingerprint density at radius 3 is 2.71 bits per heavy atom. The number of piperazine rings is 1. The summed E-state index contributed by atoms with van der Waals surface area (Å²) in [6, 6.07) is 17.3. The lowest BCUT2D eigenvalue weighted by Crippen LogP contribution is -2.44. The van der Waals surface area contributed by atoms with Crippen molar-refractivity contribution in [2.24, 2.45) is 0 Å². The first-order valence-electron chi connectivity index (χ1n) is 13.3. The van der Waals surface area contributed by atoms with Crippen LogP contribution >= 0.6 is 0 Å². The highest BCUT2D eigenvalue weighted by molar-refractivity contribution is 6.06. The molecular formula is C29H27N11O. The third-order valence-electron chi connectivity index (χ3n) is 7.22. The third-order valence-corrected chi connectivity index (χ3v) is 7.22. The number of benzene rings is 2. The average Bonchev–Trinajstić information content (AvgIpc) is 3.64. The number of anilines is 4. The number of likely N-dealkylation sites (N-methyl/N-ethyl adjacent to an activating group) is 1. The summed E-state index contributed by atoms with van der Waals surface area (Å²) in [6.07, 6.45) is 5.06. The van der Waals surface area contributed by atoms with Crippen molar-refractivity contribution in [1.29, 1.82) is 0 Å². The van der Waals surface area contributed by atoms with E-state index in [-0.39, 0.29) is 5.91 Å². The SMILES string of the molecule is CN1CCN(c2cc(NC(=O)c3cc4ccc(-c5nccc(Nc6ccc7[nH]ncc7c6)n5)cc4[nH]3)cnn2)CC1. The van der Waals surface area contributed by atoms with Gasteiger partial charge >= 0.3 is 0 Å². The summed E-state index contributed by atoms with van der Waals surface area (Å²) in [5.41, 5.74) is 4.56. The van der Waals surface area contributed by atoms with Crippen LogP contribution in [0.4, 0.5) is 23.0 Å². The van der Waals surface area contributed by atoms with Crippen LogP contribution in [0.2, 0.25) is 0 Å². The number of carbonyl (C=O) groups is 1. The molecule has 1 saturated heterocycles. The number of hydrogen-bond donors (Lipinski definition) is 4. The molecule has 12 heteroatoms. The van der Waals surface area contributed by atoms with E-state index in [0.717, 1.165) is 65.1 Å². The summed E-state index contributed by atoms with van der Waals surface area (Å²) in [7, 11) is 2.11. The second-order valence-corrected chi connectivity index (χ2v) is 10.1. The quantitative estimate of drug-likeness (QED) is 0.244. The number of aromatic amines is 2. The minimum absolute atomic E-state index is 0.253. The number of fused-ring (bicyclic) bond motifs is 2. The molecule has 41 heavy (non-hydrogen) atoms. The molecule has 2 aromatic carbocycles. The molecule has 0 atom stereocenters. The second-order valence-electron chi connectivity index (χ2n) is 10.1. The Kier molecular flexibility index (Phi) is 6.21. The summed E-state index contributed by atoms with van der Waals surface area (Å²) >= 11 is 0. The monoisotopic (exact) mass is 545 g/mol. The highest BCUT2D eigenvalue weighted by Gasteiger charge is 2.17. The van der Waals surface area contributed by atoms with E-state index in [1.165, 1.54) is 0 Å². The van der Waals surface area contributed by atoms with Crippen LogP contribution < -0.4 is 15.5 Å². The van der Waals surface area contributed by atoms with E-state index in [1.807, 2.05) is 54.6 Å². The summed E-state index contributed by atoms with van der Waals surface area (Å²) < 4.78 is 0. The van der Waals surface area contributed by atoms with Crippen molar-refractivity contribution in [1.82, 2.24) is 40.2 Å². The molecule has 12 nitrogen and oxygen atoms in total. The average molecular weight is 546 g/mol. The molecule has 0 bridgehead atoms. The Bertz CT molecular complexity index is 1870. The molecule has 6 aromatic rings. The highest BCUT2D eigenvalue weighted by atomic mass is 16.1. The van der Waals surface area contributed by atoms with Gasteiger partial charge in [0.1, 0.15) is 11.5 Å². The van der Waals surface area contributed by atoms with Crippen LogP contribution in [0, 0.1) is 0 Å². The summed E-state index contributed by atoms with van der Waals surface area (Å²) in [4.78, 5) is 30.0. The maximum Gasteiger partial charge on any atom is 0.272 e. The van der Waals surface area contributed by atoms with Crippen LogP contribution in [0.5, 0.6) is 0 Å². The fourth-order valence-electron chi connectivity index (χ4n) is 4.94. The zero-order chi connectivity index (χ0) is 27.8. The van der Waals surface area contributed by atoms with Crippen molar-refractivity contribution >= 4 is 50.7 Å². The van der Waals surface area contributed by atoms with Gasteiger partial charge in [0.25, 0.3) is 5.91 Å². The van der Waals surface area contributed by atoms with Gasteiger partial charge in [-0.25, -0.2) is 9.97 Å². The minimum Gasteiger partial charge on any atom is -0.353 e. The van der Waals surface area contributed by atoms with Gasteiger partial charge in [-0.3, -0.25) is 9.89 Å². The molecule has 204 valence electrons. The van der Waals surface area contributed by atoms with Gasteiger partial charge in [0.05, 0.1) is 23.6 Å². The molecule has 0 unspecified atom stereocenters. The molecule has 1 aliphatic rings. The van der Waals surface area contributed by atoms with E-state index in [4.69, 9.17) is 4.98 Å². The molecule has 1 amide bonds. The summed E-state index contributed by atoms with van der Waals surface area (Å²) in [5.74, 6) is 1.75. The van der Waals surface area contributed by atoms with Gasteiger partial charge in [-0.1, -0.05) is 12.1 Å². The lowest BCUT2D eigenvalue weighted by atomic mass is 10.1. The fraction of sp³-hybridized carbons (Fsp3) is 0.172. The number of aromatic nitrogens is 7. The zero-order valence-electron chi connectivity index (χ0n) is 22.3. The molecule has 0 aliphatic carbocycles. The van der Waals surface area contributed by atoms with Crippen molar-refractivity contribution in [3.05, 3.63) is 78.9 Å². The molecule has 7 rings (SSSR count). The van der Waals surface area contributed by atoms with Gasteiger partial charge < -0.3 is 25.4 Å². The fourth-order valence-corrected chi connectivity index (χ4v) is 4.94. The highest BCUT2D eigenvalue weighted by Crippen LogP contribution is 2.26. The topological polar surface area (TPSA) is 144 Å². The van der Waals surface area contributed by atoms with Crippen molar-refractivity contribution in [3.8, 4) is 11.4 Å². The number of rotatable bonds is 6. The normalized spacial score (nSPS) is 14.0. The van der Waals surface area contributed by atoms with Crippen LogP contribution in [0.25, 0.3) is 33.2 Å². The van der Waals surface area contributed by atoms with Crippen LogP contribution in [-0.2, 0) is 0 Å². The predicted molar refractivity (Wildman–Crippen MR) is 158 cm³/mol. The first kappa shape index (κ1) is 24.7. The van der Waals surface area contributed by atoms with E-state index in [9.17, 15) is 4.79 Å². The van der Waals surface area contributed by atoms with Gasteiger partial charge in [0.2, 0.25) is 0 Å². The Labute approximate surface area is 234 Å². The third kappa shape index (κ3) is 5.15. The van der Waals surface area contributed by atoms with Crippen LogP contribution in [0.15, 0.2) is 73.2 Å². The lowest BCUT2D eigenvalue weighted by molar-refractivity contribution is 0.102. The van der Waals surface area contributed by atoms with E-state index < -0.39 is 0 Å². The number of hydrogen-bond acceptors (Lipinski definition) is 9. The number of amides is 1. The molecule has 0 spiro atoms. The molecular weight excluding hydrogens is 518 g/mol. The molecule has 4 N–H and O–H groups in total. The second kappa shape index (κ2) is 10.3. The van der Waals surface area contributed by atoms with Gasteiger partial charge in [-0.05, 0) is 43.4 Å². The van der Waals surface area contributed by atoms with Crippen LogP contribution in [-0.4, -0.2) is 79.4 Å². The Morgan fingerprint density at radius 1 is 0.902 bits per heavy atom. The zero-order valence-corrected chi connectivity index (χ0v) is 22.3. The number of H-pyrrole nitrogens is 2. The number of nitrogens with zero attached hydrogens (tertiary/aromatic N) is 7. The maximum absolute atomic E-state index is 13.1. The Morgan fingerprint density at radius 2 is 1.80 bits per heavy atom. The molecule has 1 aliphatic heterocycles. The van der Waals surface area contributed by atoms with Crippen molar-refractivity contribution in [2.45, 2.75) is 0 Å². The van der Waals surface area contributed by atoms with Gasteiger partial charge in [-0.15, -0.1) is 5.10 Å². The first-order chi connectivity index (χ1) is 20.1. The minimum atomic E-state index is -0.253. The van der Waals surface area contributed by atoms with Gasteiger partial charge in [0, 0.05) is 66.0 Å². The smallest absolute Gasteiger partial charge is 0.272 e. The summed E-state index contributed by atoms with van der Waals surface area (Å²) in [5, 5.41) is 23.6. The van der Waals surface area contributed by atoms with E-state index in [0.29, 0.717) is 23.0 Å². The molecule has 5 heterocycles. The number of nitrogens with one attached hydrogen (secondary N) is 4. The lowest BCUT2D eigenvalue weighted by Gasteiger charge is -2.32. The number of carbonyl (C=O) groups excluding carboxylic acids is 1. The van der Waals surface area contributed by atoms with Gasteiger partial charge in [-0.2, -0.15) is 10.2 Å². The molecule has 0 saturated carbocycles. The van der Waals surface area contributed by atoms with E-state index in [2.05, 4.69) is 57.8 Å². The molecule has 4 aromatic heterocycles. The Balaban J connectivity index is 1.08. The van der Waals surface area contributed by atoms with E-state index in [1.54, 1.807) is 18.6 Å². The van der Waals surface area contributed by atoms with Gasteiger partial charge in [0.15, 0.2) is 11.6 Å². The van der Waals surface area contributed by atoms with Crippen LogP contribution in [0.1, 0.15) is 10.5 Å². The summed E-state index contributed by atoms with van der Waals surface area (Å²) in [6.45, 7) is 3.67. The molecule has 0 radical (unpaired) electrons. The van der Waals surface area contributed by atoms with Crippen LogP contribution in [0.3, 0.4) is 0 Å². The standard InChI is InChI=1S/C29H27N11O/c1-39-8-10-40(11-9-39)27-15-22(17-32-38-27)34-29(41)25-13-18-2-3-19(14-24(18)35-25)28-30-7-6-26(36-28)33-21-4-5-23-20(12-21)16-31-37-23/h2-7,12-17,35H,8-11H2,1H3,(H,31,37)(H,30,33,36)(H,34,38,41). The van der Waals surface area contributed by atoms with Crippen molar-refractivity contribution in [2.75, 3.05) is 48.8 Å². The first-order valence-corrected chi connectivity index (χ1v) is 13.3. The van der Waals surface area contributed by atoms with E-state index >= 15 is 0 Å². The van der Waals surface area contributed by atoms with Crippen molar-refractivity contribution < 1.29 is 4.79 Å². The largest absolute Gasteiger partial charge is 0.353 e. The predicted octanol–water partition coefficient (Wildman–Crippen LogP) is 4.04. The van der Waals surface area contributed by atoms with Crippen molar-refractivity contribution in [3.63, 3.8) is 0 Å². The maximum atomic E-state index is 13.1. The Hall–Kier alpha value is -5.36. The molecule has 1 fully saturated rings.